The molecule has 0 saturated carbocycles. The summed E-state index contributed by atoms with van der Waals surface area (Å²) < 4.78 is 8.27. The molecule has 0 bridgehead atoms. The molecule has 26 heavy (non-hydrogen) atoms. The Morgan fingerprint density at radius 1 is 1.31 bits per heavy atom. The minimum Gasteiger partial charge on any atom is -0.455 e. The number of benzene rings is 1. The molecule has 0 aliphatic heterocycles. The van der Waals surface area contributed by atoms with E-state index in [2.05, 4.69) is 20.5 Å². The Balaban J connectivity index is 1.65. The molecular formula is C18H19N5O2S. The van der Waals surface area contributed by atoms with Gasteiger partial charge in [0.1, 0.15) is 17.3 Å². The first kappa shape index (κ1) is 17.8. The summed E-state index contributed by atoms with van der Waals surface area (Å²) >= 11 is 5.17. The molecule has 3 rings (SSSR count). The van der Waals surface area contributed by atoms with Crippen LogP contribution < -0.4 is 10.1 Å². The van der Waals surface area contributed by atoms with Crippen LogP contribution in [0.5, 0.6) is 11.5 Å². The van der Waals surface area contributed by atoms with Crippen LogP contribution >= 0.6 is 12.2 Å². The average Bonchev–Trinajstić information content (AvgIpc) is 3.02. The average molecular weight is 369 g/mol. The zero-order valence-corrected chi connectivity index (χ0v) is 15.1. The fraction of sp³-hybridized carbons (Fsp3) is 0.222. The van der Waals surface area contributed by atoms with E-state index in [1.165, 1.54) is 0 Å². The Hall–Kier alpha value is -3.00. The van der Waals surface area contributed by atoms with Gasteiger partial charge in [-0.25, -0.2) is 0 Å². The van der Waals surface area contributed by atoms with Crippen LogP contribution in [0, 0.1) is 4.77 Å². The van der Waals surface area contributed by atoms with E-state index in [-0.39, 0.29) is 5.91 Å². The number of hydrogen-bond donors (Lipinski definition) is 2. The van der Waals surface area contributed by atoms with Crippen molar-refractivity contribution in [1.82, 2.24) is 25.1 Å². The fourth-order valence-electron chi connectivity index (χ4n) is 2.53. The van der Waals surface area contributed by atoms with Gasteiger partial charge in [0.2, 0.25) is 0 Å². The lowest BCUT2D eigenvalue weighted by molar-refractivity contribution is 0.0951. The number of nitrogens with zero attached hydrogens (tertiary/aromatic N) is 3. The fourth-order valence-corrected chi connectivity index (χ4v) is 2.81. The number of pyridine rings is 1. The summed E-state index contributed by atoms with van der Waals surface area (Å²) in [5, 5.41) is 9.86. The van der Waals surface area contributed by atoms with Gasteiger partial charge in [-0.1, -0.05) is 12.1 Å². The van der Waals surface area contributed by atoms with Crippen LogP contribution in [-0.4, -0.2) is 32.2 Å². The second kappa shape index (κ2) is 8.39. The number of ether oxygens (including phenoxy) is 1. The Labute approximate surface area is 156 Å². The highest BCUT2D eigenvalue weighted by Gasteiger charge is 2.13. The van der Waals surface area contributed by atoms with Crippen molar-refractivity contribution in [2.45, 2.75) is 19.9 Å². The molecular weight excluding hydrogens is 350 g/mol. The van der Waals surface area contributed by atoms with Gasteiger partial charge in [-0.3, -0.25) is 14.9 Å². The first-order chi connectivity index (χ1) is 12.7. The third kappa shape index (κ3) is 4.15. The van der Waals surface area contributed by atoms with Gasteiger partial charge in [0.05, 0.1) is 11.8 Å². The number of nitrogens with one attached hydrogen (secondary N) is 2. The van der Waals surface area contributed by atoms with Gasteiger partial charge in [-0.2, -0.15) is 5.10 Å². The summed E-state index contributed by atoms with van der Waals surface area (Å²) in [7, 11) is 0. The van der Waals surface area contributed by atoms with Crippen molar-refractivity contribution < 1.29 is 9.53 Å². The van der Waals surface area contributed by atoms with Crippen molar-refractivity contribution in [3.05, 3.63) is 65.0 Å². The van der Waals surface area contributed by atoms with Crippen molar-refractivity contribution in [3.63, 3.8) is 0 Å². The van der Waals surface area contributed by atoms with Gasteiger partial charge >= 0.3 is 0 Å². The van der Waals surface area contributed by atoms with Crippen LogP contribution in [0.15, 0.2) is 48.8 Å². The molecule has 2 N–H and O–H groups in total. The molecule has 1 amide bonds. The van der Waals surface area contributed by atoms with E-state index in [1.54, 1.807) is 42.7 Å². The zero-order chi connectivity index (χ0) is 18.4. The largest absolute Gasteiger partial charge is 0.455 e. The Bertz CT molecular complexity index is 936. The van der Waals surface area contributed by atoms with Crippen molar-refractivity contribution in [2.75, 3.05) is 6.54 Å². The number of para-hydroxylation sites is 1. The smallest absolute Gasteiger partial charge is 0.255 e. The summed E-state index contributed by atoms with van der Waals surface area (Å²) in [5.74, 6) is 1.67. The molecule has 0 atom stereocenters. The zero-order valence-electron chi connectivity index (χ0n) is 14.3. The van der Waals surface area contributed by atoms with Crippen LogP contribution in [0.4, 0.5) is 0 Å². The molecule has 0 aliphatic carbocycles. The number of hydrogen-bond acceptors (Lipinski definition) is 5. The number of amides is 1. The number of carbonyl (C=O) groups is 1. The van der Waals surface area contributed by atoms with Gasteiger partial charge in [-0.15, -0.1) is 0 Å². The van der Waals surface area contributed by atoms with E-state index in [4.69, 9.17) is 17.0 Å². The van der Waals surface area contributed by atoms with Crippen LogP contribution in [0.25, 0.3) is 0 Å². The predicted octanol–water partition coefficient (Wildman–Crippen LogP) is 3.12. The van der Waals surface area contributed by atoms with E-state index < -0.39 is 0 Å². The van der Waals surface area contributed by atoms with E-state index in [9.17, 15) is 4.79 Å². The summed E-state index contributed by atoms with van der Waals surface area (Å²) in [4.78, 5) is 16.6. The number of aromatic nitrogens is 4. The van der Waals surface area contributed by atoms with E-state index in [1.807, 2.05) is 17.6 Å². The van der Waals surface area contributed by atoms with Crippen LogP contribution in [0.2, 0.25) is 0 Å². The second-order valence-electron chi connectivity index (χ2n) is 5.48. The SMILES string of the molecule is CCn1c(CCNC(=O)c2ccccc2Oc2cccnc2)n[nH]c1=S. The van der Waals surface area contributed by atoms with Crippen LogP contribution in [-0.2, 0) is 13.0 Å². The highest BCUT2D eigenvalue weighted by molar-refractivity contribution is 7.71. The molecule has 2 heterocycles. The number of carbonyl (C=O) groups excluding carboxylic acids is 1. The number of rotatable bonds is 7. The lowest BCUT2D eigenvalue weighted by atomic mass is 10.2. The van der Waals surface area contributed by atoms with Crippen LogP contribution in [0.1, 0.15) is 23.1 Å². The third-order valence-electron chi connectivity index (χ3n) is 3.78. The van der Waals surface area contributed by atoms with Crippen molar-refractivity contribution in [3.8, 4) is 11.5 Å². The highest BCUT2D eigenvalue weighted by atomic mass is 32.1. The lowest BCUT2D eigenvalue weighted by Crippen LogP contribution is -2.26. The molecule has 8 heteroatoms. The van der Waals surface area contributed by atoms with Crippen molar-refractivity contribution in [1.29, 1.82) is 0 Å². The molecule has 2 aromatic heterocycles. The molecule has 7 nitrogen and oxygen atoms in total. The Morgan fingerprint density at radius 2 is 2.15 bits per heavy atom. The maximum absolute atomic E-state index is 12.5. The normalized spacial score (nSPS) is 10.5. The molecule has 0 aliphatic rings. The monoisotopic (exact) mass is 369 g/mol. The number of H-pyrrole nitrogens is 1. The first-order valence-corrected chi connectivity index (χ1v) is 8.69. The minimum atomic E-state index is -0.207. The summed E-state index contributed by atoms with van der Waals surface area (Å²) in [6.45, 7) is 3.18. The standard InChI is InChI=1S/C18H19N5O2S/c1-2-23-16(21-22-18(23)26)9-11-20-17(24)14-7-3-4-8-15(14)25-13-6-5-10-19-12-13/h3-8,10,12H,2,9,11H2,1H3,(H,20,24)(H,22,26). The predicted molar refractivity (Wildman–Crippen MR) is 99.9 cm³/mol. The van der Waals surface area contributed by atoms with Crippen molar-refractivity contribution in [2.24, 2.45) is 0 Å². The van der Waals surface area contributed by atoms with Crippen molar-refractivity contribution >= 4 is 18.1 Å². The molecule has 0 saturated heterocycles. The van der Waals surface area contributed by atoms with E-state index in [0.29, 0.717) is 34.8 Å². The summed E-state index contributed by atoms with van der Waals surface area (Å²) in [6.07, 6.45) is 3.85. The molecule has 1 aromatic carbocycles. The van der Waals surface area contributed by atoms with Gasteiger partial charge in [-0.05, 0) is 43.4 Å². The van der Waals surface area contributed by atoms with E-state index in [0.717, 1.165) is 12.4 Å². The third-order valence-corrected chi connectivity index (χ3v) is 4.09. The molecule has 0 radical (unpaired) electrons. The van der Waals surface area contributed by atoms with Crippen LogP contribution in [0.3, 0.4) is 0 Å². The topological polar surface area (TPSA) is 84.8 Å². The molecule has 0 fully saturated rings. The van der Waals surface area contributed by atoms with Gasteiger partial charge in [0.15, 0.2) is 4.77 Å². The summed E-state index contributed by atoms with van der Waals surface area (Å²) in [6, 6.07) is 10.7. The van der Waals surface area contributed by atoms with E-state index >= 15 is 0 Å². The minimum absolute atomic E-state index is 0.207. The number of aromatic amines is 1. The van der Waals surface area contributed by atoms with Gasteiger partial charge in [0, 0.05) is 25.7 Å². The maximum atomic E-state index is 12.5. The van der Waals surface area contributed by atoms with Gasteiger partial charge in [0.25, 0.3) is 5.91 Å². The molecule has 3 aromatic rings. The molecule has 134 valence electrons. The second-order valence-corrected chi connectivity index (χ2v) is 5.87. The first-order valence-electron chi connectivity index (χ1n) is 8.28. The Morgan fingerprint density at radius 3 is 2.92 bits per heavy atom. The summed E-state index contributed by atoms with van der Waals surface area (Å²) in [5.41, 5.74) is 0.464. The Kier molecular flexibility index (Phi) is 5.75. The molecule has 0 unspecified atom stereocenters. The quantitative estimate of drug-likeness (QED) is 0.625. The maximum Gasteiger partial charge on any atom is 0.255 e. The van der Waals surface area contributed by atoms with Gasteiger partial charge < -0.3 is 14.6 Å². The highest BCUT2D eigenvalue weighted by Crippen LogP contribution is 2.24. The lowest BCUT2D eigenvalue weighted by Gasteiger charge is -2.11. The molecule has 0 spiro atoms.